The maximum absolute atomic E-state index is 11.2. The number of ether oxygens (including phenoxy) is 1. The van der Waals surface area contributed by atoms with Gasteiger partial charge >= 0.3 is 5.97 Å². The first kappa shape index (κ1) is 12.4. The van der Waals surface area contributed by atoms with E-state index in [4.69, 9.17) is 4.74 Å². The van der Waals surface area contributed by atoms with Crippen LogP contribution in [0.4, 0.5) is 0 Å². The number of carbonyl (C=O) groups is 1. The van der Waals surface area contributed by atoms with Crippen LogP contribution in [0.2, 0.25) is 0 Å². The Morgan fingerprint density at radius 1 is 1.46 bits per heavy atom. The molecular formula is C10H21NO2. The lowest BCUT2D eigenvalue weighted by atomic mass is 10.2. The van der Waals surface area contributed by atoms with Crippen LogP contribution < -0.4 is 0 Å². The van der Waals surface area contributed by atoms with Crippen LogP contribution in [0.15, 0.2) is 0 Å². The summed E-state index contributed by atoms with van der Waals surface area (Å²) in [5, 5.41) is 0. The first-order valence-corrected chi connectivity index (χ1v) is 4.97. The third-order valence-corrected chi connectivity index (χ3v) is 1.88. The number of hydrogen-bond acceptors (Lipinski definition) is 3. The Bertz CT molecular complexity index is 148. The lowest BCUT2D eigenvalue weighted by molar-refractivity contribution is -0.147. The van der Waals surface area contributed by atoms with E-state index in [-0.39, 0.29) is 11.9 Å². The predicted molar refractivity (Wildman–Crippen MR) is 53.6 cm³/mol. The monoisotopic (exact) mass is 187 g/mol. The topological polar surface area (TPSA) is 29.5 Å². The van der Waals surface area contributed by atoms with Crippen molar-refractivity contribution in [3.05, 3.63) is 0 Å². The van der Waals surface area contributed by atoms with Crippen molar-refractivity contribution in [3.63, 3.8) is 0 Å². The standard InChI is InChI=1S/C10H21NO2/c1-5-7-11(4)8-9(3)10(12)13-6-2/h9H,5-8H2,1-4H3. The highest BCUT2D eigenvalue weighted by molar-refractivity contribution is 5.72. The van der Waals surface area contributed by atoms with Crippen molar-refractivity contribution in [3.8, 4) is 0 Å². The van der Waals surface area contributed by atoms with Crippen LogP contribution in [0, 0.1) is 5.92 Å². The highest BCUT2D eigenvalue weighted by Gasteiger charge is 2.15. The SMILES string of the molecule is CCCN(C)CC(C)C(=O)OCC. The number of carbonyl (C=O) groups excluding carboxylic acids is 1. The fraction of sp³-hybridized carbons (Fsp3) is 0.900. The summed E-state index contributed by atoms with van der Waals surface area (Å²) in [6, 6.07) is 0. The van der Waals surface area contributed by atoms with Crippen LogP contribution in [-0.2, 0) is 9.53 Å². The second-order valence-electron chi connectivity index (χ2n) is 3.42. The van der Waals surface area contributed by atoms with E-state index in [1.807, 2.05) is 20.9 Å². The van der Waals surface area contributed by atoms with Crippen LogP contribution >= 0.6 is 0 Å². The van der Waals surface area contributed by atoms with E-state index >= 15 is 0 Å². The van der Waals surface area contributed by atoms with E-state index in [1.54, 1.807) is 0 Å². The molecule has 0 heterocycles. The van der Waals surface area contributed by atoms with Gasteiger partial charge in [0.2, 0.25) is 0 Å². The molecule has 0 aromatic carbocycles. The summed E-state index contributed by atoms with van der Waals surface area (Å²) < 4.78 is 4.92. The molecule has 0 bridgehead atoms. The van der Waals surface area contributed by atoms with Crippen molar-refractivity contribution < 1.29 is 9.53 Å². The highest BCUT2D eigenvalue weighted by Crippen LogP contribution is 2.01. The van der Waals surface area contributed by atoms with E-state index in [0.29, 0.717) is 6.61 Å². The Hall–Kier alpha value is -0.570. The average Bonchev–Trinajstić information content (AvgIpc) is 2.05. The summed E-state index contributed by atoms with van der Waals surface area (Å²) in [5.41, 5.74) is 0. The van der Waals surface area contributed by atoms with Gasteiger partial charge in [-0.3, -0.25) is 4.79 Å². The Morgan fingerprint density at radius 3 is 2.54 bits per heavy atom. The third kappa shape index (κ3) is 5.64. The molecule has 1 unspecified atom stereocenters. The summed E-state index contributed by atoms with van der Waals surface area (Å²) in [7, 11) is 2.03. The number of nitrogens with zero attached hydrogens (tertiary/aromatic N) is 1. The first-order chi connectivity index (χ1) is 6.11. The quantitative estimate of drug-likeness (QED) is 0.591. The molecule has 3 heteroatoms. The summed E-state index contributed by atoms with van der Waals surface area (Å²) in [6.07, 6.45) is 1.12. The highest BCUT2D eigenvalue weighted by atomic mass is 16.5. The first-order valence-electron chi connectivity index (χ1n) is 4.97. The van der Waals surface area contributed by atoms with E-state index in [0.717, 1.165) is 19.5 Å². The molecule has 0 aliphatic carbocycles. The van der Waals surface area contributed by atoms with Crippen LogP contribution in [-0.4, -0.2) is 37.6 Å². The summed E-state index contributed by atoms with van der Waals surface area (Å²) >= 11 is 0. The van der Waals surface area contributed by atoms with Crippen LogP contribution in [0.25, 0.3) is 0 Å². The molecule has 0 aromatic rings. The van der Waals surface area contributed by atoms with Crippen molar-refractivity contribution in [1.29, 1.82) is 0 Å². The normalized spacial score (nSPS) is 13.0. The van der Waals surface area contributed by atoms with Gasteiger partial charge in [-0.15, -0.1) is 0 Å². The Kier molecular flexibility index (Phi) is 6.59. The van der Waals surface area contributed by atoms with Gasteiger partial charge < -0.3 is 9.64 Å². The van der Waals surface area contributed by atoms with Crippen molar-refractivity contribution in [1.82, 2.24) is 4.90 Å². The van der Waals surface area contributed by atoms with Crippen molar-refractivity contribution in [2.24, 2.45) is 5.92 Å². The zero-order valence-corrected chi connectivity index (χ0v) is 9.17. The van der Waals surface area contributed by atoms with E-state index in [2.05, 4.69) is 11.8 Å². The van der Waals surface area contributed by atoms with Gasteiger partial charge in [-0.1, -0.05) is 13.8 Å². The van der Waals surface area contributed by atoms with Crippen LogP contribution in [0.5, 0.6) is 0 Å². The second-order valence-corrected chi connectivity index (χ2v) is 3.42. The average molecular weight is 187 g/mol. The van der Waals surface area contributed by atoms with Gasteiger partial charge in [-0.25, -0.2) is 0 Å². The number of hydrogen-bond donors (Lipinski definition) is 0. The molecule has 0 aliphatic rings. The molecule has 0 N–H and O–H groups in total. The largest absolute Gasteiger partial charge is 0.466 e. The molecule has 0 aromatic heterocycles. The molecule has 0 rings (SSSR count). The molecule has 0 radical (unpaired) electrons. The molecule has 78 valence electrons. The Labute approximate surface area is 81.1 Å². The van der Waals surface area contributed by atoms with Gasteiger partial charge in [-0.2, -0.15) is 0 Å². The predicted octanol–water partition coefficient (Wildman–Crippen LogP) is 1.53. The molecule has 0 saturated carbocycles. The molecule has 0 fully saturated rings. The second kappa shape index (κ2) is 6.89. The van der Waals surface area contributed by atoms with Crippen LogP contribution in [0.3, 0.4) is 0 Å². The lowest BCUT2D eigenvalue weighted by Crippen LogP contribution is -2.30. The van der Waals surface area contributed by atoms with Gasteiger partial charge in [0.05, 0.1) is 12.5 Å². The maximum Gasteiger partial charge on any atom is 0.309 e. The minimum atomic E-state index is -0.0922. The molecule has 13 heavy (non-hydrogen) atoms. The minimum absolute atomic E-state index is 0.0171. The molecular weight excluding hydrogens is 166 g/mol. The minimum Gasteiger partial charge on any atom is -0.466 e. The summed E-state index contributed by atoms with van der Waals surface area (Å²) in [6.45, 7) is 8.16. The van der Waals surface area contributed by atoms with Crippen LogP contribution in [0.1, 0.15) is 27.2 Å². The molecule has 0 aliphatic heterocycles. The Balaban J connectivity index is 3.71. The fourth-order valence-corrected chi connectivity index (χ4v) is 1.30. The molecule has 3 nitrogen and oxygen atoms in total. The zero-order chi connectivity index (χ0) is 10.3. The van der Waals surface area contributed by atoms with E-state index in [1.165, 1.54) is 0 Å². The van der Waals surface area contributed by atoms with Gasteiger partial charge in [-0.05, 0) is 26.9 Å². The number of esters is 1. The summed E-state index contributed by atoms with van der Waals surface area (Å²) in [5.74, 6) is -0.109. The fourth-order valence-electron chi connectivity index (χ4n) is 1.30. The number of rotatable bonds is 6. The molecule has 0 spiro atoms. The molecule has 0 amide bonds. The van der Waals surface area contributed by atoms with Crippen molar-refractivity contribution >= 4 is 5.97 Å². The van der Waals surface area contributed by atoms with Crippen molar-refractivity contribution in [2.45, 2.75) is 27.2 Å². The zero-order valence-electron chi connectivity index (χ0n) is 9.17. The Morgan fingerprint density at radius 2 is 2.08 bits per heavy atom. The van der Waals surface area contributed by atoms with Gasteiger partial charge in [0.1, 0.15) is 0 Å². The smallest absolute Gasteiger partial charge is 0.309 e. The lowest BCUT2D eigenvalue weighted by Gasteiger charge is -2.19. The third-order valence-electron chi connectivity index (χ3n) is 1.88. The maximum atomic E-state index is 11.2. The van der Waals surface area contributed by atoms with E-state index < -0.39 is 0 Å². The van der Waals surface area contributed by atoms with Crippen molar-refractivity contribution in [2.75, 3.05) is 26.7 Å². The van der Waals surface area contributed by atoms with Gasteiger partial charge in [0.25, 0.3) is 0 Å². The van der Waals surface area contributed by atoms with E-state index in [9.17, 15) is 4.79 Å². The molecule has 1 atom stereocenters. The molecule has 0 saturated heterocycles. The van der Waals surface area contributed by atoms with Gasteiger partial charge in [0, 0.05) is 6.54 Å². The van der Waals surface area contributed by atoms with Gasteiger partial charge in [0.15, 0.2) is 0 Å². The summed E-state index contributed by atoms with van der Waals surface area (Å²) in [4.78, 5) is 13.4.